The summed E-state index contributed by atoms with van der Waals surface area (Å²) >= 11 is 0. The van der Waals surface area contributed by atoms with Gasteiger partial charge in [0, 0.05) is 5.57 Å². The van der Waals surface area contributed by atoms with E-state index < -0.39 is 0 Å². The van der Waals surface area contributed by atoms with Crippen molar-refractivity contribution < 1.29 is 0 Å². The Balaban J connectivity index is 3.06. The molecular formula is C10H12N4. The Morgan fingerprint density at radius 1 is 1.43 bits per heavy atom. The van der Waals surface area contributed by atoms with Crippen molar-refractivity contribution in [3.05, 3.63) is 48.9 Å². The molecule has 0 aromatic carbocycles. The average molecular weight is 188 g/mol. The zero-order valence-electron chi connectivity index (χ0n) is 8.07. The Hall–Kier alpha value is -1.97. The molecule has 0 spiro atoms. The van der Waals surface area contributed by atoms with E-state index in [0.717, 1.165) is 11.1 Å². The third kappa shape index (κ3) is 2.26. The topological polar surface area (TPSA) is 54.5 Å². The van der Waals surface area contributed by atoms with Crippen LogP contribution in [0.25, 0.3) is 5.57 Å². The highest BCUT2D eigenvalue weighted by molar-refractivity contribution is 5.73. The number of hydrogen-bond donors (Lipinski definition) is 1. The molecule has 0 saturated heterocycles. The monoisotopic (exact) mass is 188 g/mol. The second-order valence-electron chi connectivity index (χ2n) is 2.63. The molecule has 4 heteroatoms. The molecule has 0 fully saturated rings. The fraction of sp³-hybridized carbons (Fsp3) is 0.100. The van der Waals surface area contributed by atoms with E-state index in [1.165, 1.54) is 0 Å². The lowest BCUT2D eigenvalue weighted by atomic mass is 10.1. The molecule has 0 aliphatic rings. The zero-order valence-corrected chi connectivity index (χ0v) is 8.07. The lowest BCUT2D eigenvalue weighted by Crippen LogP contribution is -1.87. The van der Waals surface area contributed by atoms with Crippen molar-refractivity contribution in [2.75, 3.05) is 0 Å². The van der Waals surface area contributed by atoms with E-state index in [1.54, 1.807) is 12.2 Å². The molecule has 14 heavy (non-hydrogen) atoms. The highest BCUT2D eigenvalue weighted by atomic mass is 15.5. The van der Waals surface area contributed by atoms with Crippen LogP contribution in [0.15, 0.2) is 43.0 Å². The Bertz CT molecular complexity index is 371. The molecule has 1 aromatic heterocycles. The summed E-state index contributed by atoms with van der Waals surface area (Å²) in [6.45, 7) is 9.25. The van der Waals surface area contributed by atoms with Crippen LogP contribution in [0.1, 0.15) is 12.7 Å². The van der Waals surface area contributed by atoms with Crippen LogP contribution in [0.5, 0.6) is 0 Å². The van der Waals surface area contributed by atoms with Gasteiger partial charge in [0.2, 0.25) is 5.82 Å². The summed E-state index contributed by atoms with van der Waals surface area (Å²) in [7, 11) is 0. The minimum absolute atomic E-state index is 0.547. The first-order valence-electron chi connectivity index (χ1n) is 4.15. The van der Waals surface area contributed by atoms with Crippen LogP contribution in [-0.4, -0.2) is 20.6 Å². The van der Waals surface area contributed by atoms with Gasteiger partial charge in [-0.05, 0) is 17.7 Å². The number of H-pyrrole nitrogens is 1. The zero-order chi connectivity index (χ0) is 10.4. The first kappa shape index (κ1) is 10.1. The van der Waals surface area contributed by atoms with Gasteiger partial charge in [-0.25, -0.2) is 0 Å². The van der Waals surface area contributed by atoms with Crippen molar-refractivity contribution in [2.45, 2.75) is 6.92 Å². The Labute approximate surface area is 82.7 Å². The third-order valence-electron chi connectivity index (χ3n) is 1.70. The van der Waals surface area contributed by atoms with E-state index in [1.807, 2.05) is 19.1 Å². The van der Waals surface area contributed by atoms with Crippen LogP contribution in [0, 0.1) is 0 Å². The summed E-state index contributed by atoms with van der Waals surface area (Å²) in [5, 5.41) is 13.7. The van der Waals surface area contributed by atoms with E-state index in [0.29, 0.717) is 5.82 Å². The van der Waals surface area contributed by atoms with E-state index in [2.05, 4.69) is 33.8 Å². The third-order valence-corrected chi connectivity index (χ3v) is 1.70. The van der Waals surface area contributed by atoms with Gasteiger partial charge in [0.15, 0.2) is 0 Å². The normalized spacial score (nSPS) is 12.6. The maximum Gasteiger partial charge on any atom is 0.204 e. The standard InChI is InChI=1S/C10H12N4/c1-4-6-7-8(3)9(5-2)10-11-13-14-12-10/h4-7H,1-2H2,3H3,(H,11,12,13,14)/b7-6-,9-8+. The molecule has 1 aromatic rings. The quantitative estimate of drug-likeness (QED) is 0.734. The second kappa shape index (κ2) is 4.91. The van der Waals surface area contributed by atoms with Crippen LogP contribution in [-0.2, 0) is 0 Å². The molecule has 0 radical (unpaired) electrons. The van der Waals surface area contributed by atoms with Crippen LogP contribution in [0.3, 0.4) is 0 Å². The van der Waals surface area contributed by atoms with E-state index in [9.17, 15) is 0 Å². The van der Waals surface area contributed by atoms with Gasteiger partial charge in [-0.3, -0.25) is 0 Å². The molecule has 0 bridgehead atoms. The average Bonchev–Trinajstić information content (AvgIpc) is 2.69. The van der Waals surface area contributed by atoms with E-state index in [-0.39, 0.29) is 0 Å². The highest BCUT2D eigenvalue weighted by Gasteiger charge is 2.04. The predicted octanol–water partition coefficient (Wildman–Crippen LogP) is 1.90. The SMILES string of the molecule is C=C/C=C\C(C)=C(/C=C)c1nn[nH]n1. The number of nitrogens with one attached hydrogen (secondary N) is 1. The molecular weight excluding hydrogens is 176 g/mol. The lowest BCUT2D eigenvalue weighted by Gasteiger charge is -1.97. The van der Waals surface area contributed by atoms with E-state index >= 15 is 0 Å². The van der Waals surface area contributed by atoms with Crippen molar-refractivity contribution in [2.24, 2.45) is 0 Å². The smallest absolute Gasteiger partial charge is 0.177 e. The van der Waals surface area contributed by atoms with Crippen molar-refractivity contribution in [3.63, 3.8) is 0 Å². The molecule has 4 nitrogen and oxygen atoms in total. The van der Waals surface area contributed by atoms with Crippen LogP contribution >= 0.6 is 0 Å². The van der Waals surface area contributed by atoms with Gasteiger partial charge in [0.1, 0.15) is 0 Å². The maximum absolute atomic E-state index is 3.88. The number of aromatic amines is 1. The minimum Gasteiger partial charge on any atom is -0.177 e. The maximum atomic E-state index is 3.88. The van der Waals surface area contributed by atoms with Gasteiger partial charge >= 0.3 is 0 Å². The molecule has 72 valence electrons. The number of rotatable bonds is 4. The summed E-state index contributed by atoms with van der Waals surface area (Å²) in [6.07, 6.45) is 7.17. The van der Waals surface area contributed by atoms with Crippen molar-refractivity contribution in [1.82, 2.24) is 20.6 Å². The summed E-state index contributed by atoms with van der Waals surface area (Å²) in [5.74, 6) is 0.547. The Morgan fingerprint density at radius 2 is 2.21 bits per heavy atom. The number of hydrogen-bond acceptors (Lipinski definition) is 3. The molecule has 1 rings (SSSR count). The molecule has 0 aliphatic carbocycles. The highest BCUT2D eigenvalue weighted by Crippen LogP contribution is 2.15. The molecule has 0 aliphatic heterocycles. The first-order chi connectivity index (χ1) is 6.79. The fourth-order valence-corrected chi connectivity index (χ4v) is 1.01. The van der Waals surface area contributed by atoms with Crippen molar-refractivity contribution in [3.8, 4) is 0 Å². The summed E-state index contributed by atoms with van der Waals surface area (Å²) in [6, 6.07) is 0. The molecule has 1 heterocycles. The van der Waals surface area contributed by atoms with Crippen LogP contribution in [0.2, 0.25) is 0 Å². The number of allylic oxidation sites excluding steroid dienone is 6. The molecule has 0 unspecified atom stereocenters. The Morgan fingerprint density at radius 3 is 2.71 bits per heavy atom. The molecule has 0 atom stereocenters. The summed E-state index contributed by atoms with van der Waals surface area (Å²) in [5.41, 5.74) is 1.87. The first-order valence-corrected chi connectivity index (χ1v) is 4.15. The number of aromatic nitrogens is 4. The fourth-order valence-electron chi connectivity index (χ4n) is 1.01. The van der Waals surface area contributed by atoms with Gasteiger partial charge in [-0.2, -0.15) is 5.21 Å². The van der Waals surface area contributed by atoms with Gasteiger partial charge in [0.25, 0.3) is 0 Å². The lowest BCUT2D eigenvalue weighted by molar-refractivity contribution is 0.881. The van der Waals surface area contributed by atoms with Gasteiger partial charge in [-0.15, -0.1) is 10.2 Å². The van der Waals surface area contributed by atoms with Gasteiger partial charge in [-0.1, -0.05) is 37.5 Å². The van der Waals surface area contributed by atoms with Gasteiger partial charge in [0.05, 0.1) is 0 Å². The number of tetrazole rings is 1. The van der Waals surface area contributed by atoms with Crippen LogP contribution < -0.4 is 0 Å². The van der Waals surface area contributed by atoms with E-state index in [4.69, 9.17) is 0 Å². The summed E-state index contributed by atoms with van der Waals surface area (Å²) < 4.78 is 0. The Kier molecular flexibility index (Phi) is 3.55. The van der Waals surface area contributed by atoms with Crippen molar-refractivity contribution >= 4 is 5.57 Å². The molecule has 0 saturated carbocycles. The van der Waals surface area contributed by atoms with Crippen molar-refractivity contribution in [1.29, 1.82) is 0 Å². The second-order valence-corrected chi connectivity index (χ2v) is 2.63. The largest absolute Gasteiger partial charge is 0.204 e. The number of nitrogens with zero attached hydrogens (tertiary/aromatic N) is 3. The summed E-state index contributed by atoms with van der Waals surface area (Å²) in [4.78, 5) is 0. The molecule has 0 amide bonds. The minimum atomic E-state index is 0.547. The van der Waals surface area contributed by atoms with Gasteiger partial charge < -0.3 is 0 Å². The molecule has 1 N–H and O–H groups in total. The van der Waals surface area contributed by atoms with Crippen LogP contribution in [0.4, 0.5) is 0 Å². The predicted molar refractivity (Wildman–Crippen MR) is 56.3 cm³/mol.